The maximum Gasteiger partial charge on any atom is 0.232 e. The van der Waals surface area contributed by atoms with Crippen LogP contribution in [0.5, 0.6) is 5.88 Å². The van der Waals surface area contributed by atoms with E-state index in [0.29, 0.717) is 12.5 Å². The summed E-state index contributed by atoms with van der Waals surface area (Å²) in [5.41, 5.74) is 0.944. The highest BCUT2D eigenvalue weighted by Gasteiger charge is 2.25. The number of hydrogen-bond acceptors (Lipinski definition) is 5. The molecule has 100 valence electrons. The minimum absolute atomic E-state index is 0.611. The molecule has 1 aromatic rings. The molecule has 1 N–H and O–H groups in total. The average Bonchev–Trinajstić information content (AvgIpc) is 3.22. The minimum Gasteiger partial charge on any atom is -0.475 e. The molecular formula is C13H22N4O. The van der Waals surface area contributed by atoms with E-state index < -0.39 is 0 Å². The van der Waals surface area contributed by atoms with Crippen molar-refractivity contribution in [2.45, 2.75) is 32.4 Å². The van der Waals surface area contributed by atoms with Crippen LogP contribution in [0.3, 0.4) is 0 Å². The van der Waals surface area contributed by atoms with Gasteiger partial charge in [-0.3, -0.25) is 4.98 Å². The van der Waals surface area contributed by atoms with Gasteiger partial charge in [-0.05, 0) is 26.4 Å². The molecule has 0 saturated heterocycles. The van der Waals surface area contributed by atoms with Crippen LogP contribution in [0.1, 0.15) is 25.5 Å². The van der Waals surface area contributed by atoms with Crippen LogP contribution >= 0.6 is 0 Å². The van der Waals surface area contributed by atoms with E-state index in [-0.39, 0.29) is 0 Å². The number of rotatable bonds is 8. The topological polar surface area (TPSA) is 50.3 Å². The second-order valence-electron chi connectivity index (χ2n) is 4.69. The van der Waals surface area contributed by atoms with Gasteiger partial charge < -0.3 is 15.0 Å². The van der Waals surface area contributed by atoms with Gasteiger partial charge in [0.15, 0.2) is 0 Å². The first-order valence-corrected chi connectivity index (χ1v) is 6.64. The third kappa shape index (κ3) is 4.23. The first-order valence-electron chi connectivity index (χ1n) is 6.64. The summed E-state index contributed by atoms with van der Waals surface area (Å²) in [4.78, 5) is 10.9. The molecule has 1 heterocycles. The van der Waals surface area contributed by atoms with Crippen molar-refractivity contribution in [1.29, 1.82) is 0 Å². The second-order valence-corrected chi connectivity index (χ2v) is 4.69. The maximum atomic E-state index is 5.58. The molecule has 1 aromatic heterocycles. The fraction of sp³-hybridized carbons (Fsp3) is 0.692. The van der Waals surface area contributed by atoms with Crippen LogP contribution in [-0.2, 0) is 6.54 Å². The number of nitrogens with one attached hydrogen (secondary N) is 1. The highest BCUT2D eigenvalue weighted by molar-refractivity contribution is 5.07. The lowest BCUT2D eigenvalue weighted by molar-refractivity contribution is 0.225. The third-order valence-electron chi connectivity index (χ3n) is 3.10. The van der Waals surface area contributed by atoms with Crippen LogP contribution in [0.15, 0.2) is 12.4 Å². The third-order valence-corrected chi connectivity index (χ3v) is 3.10. The van der Waals surface area contributed by atoms with Gasteiger partial charge in [0, 0.05) is 19.1 Å². The van der Waals surface area contributed by atoms with Crippen molar-refractivity contribution in [3.63, 3.8) is 0 Å². The van der Waals surface area contributed by atoms with E-state index in [1.54, 1.807) is 12.4 Å². The first-order chi connectivity index (χ1) is 8.79. The van der Waals surface area contributed by atoms with Gasteiger partial charge >= 0.3 is 0 Å². The summed E-state index contributed by atoms with van der Waals surface area (Å²) in [5.74, 6) is 0.611. The second kappa shape index (κ2) is 6.66. The quantitative estimate of drug-likeness (QED) is 0.747. The Bertz CT molecular complexity index is 351. The zero-order valence-corrected chi connectivity index (χ0v) is 11.2. The van der Waals surface area contributed by atoms with Gasteiger partial charge in [0.25, 0.3) is 0 Å². The molecule has 0 amide bonds. The molecule has 0 atom stereocenters. The van der Waals surface area contributed by atoms with E-state index in [0.717, 1.165) is 31.4 Å². The van der Waals surface area contributed by atoms with E-state index in [9.17, 15) is 0 Å². The summed E-state index contributed by atoms with van der Waals surface area (Å²) in [7, 11) is 2.15. The molecule has 1 aliphatic carbocycles. The molecular weight excluding hydrogens is 228 g/mol. The van der Waals surface area contributed by atoms with Crippen LogP contribution in [0.25, 0.3) is 0 Å². The summed E-state index contributed by atoms with van der Waals surface area (Å²) in [5, 5.41) is 3.21. The zero-order valence-electron chi connectivity index (χ0n) is 11.2. The lowest BCUT2D eigenvalue weighted by Gasteiger charge is -2.15. The highest BCUT2D eigenvalue weighted by Crippen LogP contribution is 2.24. The molecule has 0 radical (unpaired) electrons. The summed E-state index contributed by atoms with van der Waals surface area (Å²) in [6.07, 6.45) is 6.12. The maximum absolute atomic E-state index is 5.58. The van der Waals surface area contributed by atoms with Gasteiger partial charge in [-0.1, -0.05) is 6.92 Å². The van der Waals surface area contributed by atoms with Gasteiger partial charge in [-0.25, -0.2) is 4.98 Å². The smallest absolute Gasteiger partial charge is 0.232 e. The molecule has 1 fully saturated rings. The number of hydrogen-bond donors (Lipinski definition) is 1. The molecule has 5 heteroatoms. The lowest BCUT2D eigenvalue weighted by Crippen LogP contribution is -2.26. The Morgan fingerprint density at radius 2 is 2.22 bits per heavy atom. The van der Waals surface area contributed by atoms with Crippen molar-refractivity contribution in [1.82, 2.24) is 20.2 Å². The molecule has 0 aromatic carbocycles. The Hall–Kier alpha value is -1.20. The van der Waals surface area contributed by atoms with Crippen LogP contribution in [0, 0.1) is 0 Å². The van der Waals surface area contributed by atoms with Crippen LogP contribution < -0.4 is 10.1 Å². The molecule has 0 spiro atoms. The standard InChI is InChI=1S/C13H22N4O/c1-3-14-8-11-9-16-13(10-15-11)18-7-6-17(2)12-4-5-12/h9-10,12,14H,3-8H2,1-2H3. The summed E-state index contributed by atoms with van der Waals surface area (Å²) in [6.45, 7) is 5.39. The Morgan fingerprint density at radius 1 is 1.39 bits per heavy atom. The fourth-order valence-corrected chi connectivity index (χ4v) is 1.75. The normalized spacial score (nSPS) is 15.1. The van der Waals surface area contributed by atoms with Crippen LogP contribution in [0.4, 0.5) is 0 Å². The average molecular weight is 250 g/mol. The molecule has 2 rings (SSSR count). The van der Waals surface area contributed by atoms with Crippen LogP contribution in [-0.4, -0.2) is 47.7 Å². The van der Waals surface area contributed by atoms with Gasteiger partial charge in [-0.2, -0.15) is 0 Å². The van der Waals surface area contributed by atoms with Gasteiger partial charge in [-0.15, -0.1) is 0 Å². The molecule has 0 unspecified atom stereocenters. The Morgan fingerprint density at radius 3 is 2.83 bits per heavy atom. The first kappa shape index (κ1) is 13.2. The van der Waals surface area contributed by atoms with Crippen molar-refractivity contribution >= 4 is 0 Å². The van der Waals surface area contributed by atoms with Crippen LogP contribution in [0.2, 0.25) is 0 Å². The predicted octanol–water partition coefficient (Wildman–Crippen LogP) is 1.06. The Balaban J connectivity index is 1.68. The molecule has 5 nitrogen and oxygen atoms in total. The number of ether oxygens (including phenoxy) is 1. The monoisotopic (exact) mass is 250 g/mol. The number of likely N-dealkylation sites (N-methyl/N-ethyl adjacent to an activating group) is 1. The van der Waals surface area contributed by atoms with E-state index in [4.69, 9.17) is 4.74 Å². The number of aromatic nitrogens is 2. The van der Waals surface area contributed by atoms with Gasteiger partial charge in [0.2, 0.25) is 5.88 Å². The van der Waals surface area contributed by atoms with E-state index in [1.807, 2.05) is 0 Å². The van der Waals surface area contributed by atoms with Crippen molar-refractivity contribution in [2.24, 2.45) is 0 Å². The van der Waals surface area contributed by atoms with E-state index in [2.05, 4.69) is 34.2 Å². The predicted molar refractivity (Wildman–Crippen MR) is 70.6 cm³/mol. The SMILES string of the molecule is CCNCc1cnc(OCCN(C)C2CC2)cn1. The van der Waals surface area contributed by atoms with Crippen molar-refractivity contribution in [2.75, 3.05) is 26.7 Å². The number of nitrogens with zero attached hydrogens (tertiary/aromatic N) is 3. The van der Waals surface area contributed by atoms with Crippen molar-refractivity contribution in [3.8, 4) is 5.88 Å². The van der Waals surface area contributed by atoms with Gasteiger partial charge in [0.1, 0.15) is 6.61 Å². The summed E-state index contributed by atoms with van der Waals surface area (Å²) >= 11 is 0. The van der Waals surface area contributed by atoms with Crippen molar-refractivity contribution < 1.29 is 4.74 Å². The summed E-state index contributed by atoms with van der Waals surface area (Å²) < 4.78 is 5.58. The van der Waals surface area contributed by atoms with Crippen molar-refractivity contribution in [3.05, 3.63) is 18.1 Å². The molecule has 0 aliphatic heterocycles. The fourth-order valence-electron chi connectivity index (χ4n) is 1.75. The zero-order chi connectivity index (χ0) is 12.8. The van der Waals surface area contributed by atoms with Gasteiger partial charge in [0.05, 0.1) is 18.1 Å². The molecule has 1 aliphatic rings. The minimum atomic E-state index is 0.611. The highest BCUT2D eigenvalue weighted by atomic mass is 16.5. The Labute approximate surface area is 109 Å². The van der Waals surface area contributed by atoms with E-state index >= 15 is 0 Å². The molecule has 1 saturated carbocycles. The largest absolute Gasteiger partial charge is 0.475 e. The molecule has 18 heavy (non-hydrogen) atoms. The summed E-state index contributed by atoms with van der Waals surface area (Å²) in [6, 6.07) is 0.780. The lowest BCUT2D eigenvalue weighted by atomic mass is 10.4. The van der Waals surface area contributed by atoms with E-state index in [1.165, 1.54) is 12.8 Å². The Kier molecular flexibility index (Phi) is 4.90. The molecule has 0 bridgehead atoms.